The summed E-state index contributed by atoms with van der Waals surface area (Å²) in [6, 6.07) is 8.17. The molecule has 0 spiro atoms. The standard InChI is InChI=1S/C25H28N6O3S/c1-33-22-5-3-17-24(31-22)23-15(12-34-19(23)11-28-17)8-18(14-6-7-26-9-14)27-10-16-2-4-20-25(29-16)30-21(32)13-35-20/h2-5,11,14-15,18,26-27H,6-10,12-13H2,1H3,(H,29,30,32)/t14-,15?,18?/m0/s1. The lowest BCUT2D eigenvalue weighted by Gasteiger charge is -2.27. The highest BCUT2D eigenvalue weighted by Gasteiger charge is 2.34. The van der Waals surface area contributed by atoms with E-state index in [9.17, 15) is 4.79 Å². The lowest BCUT2D eigenvalue weighted by molar-refractivity contribution is -0.113. The maximum Gasteiger partial charge on any atom is 0.235 e. The highest BCUT2D eigenvalue weighted by Crippen LogP contribution is 2.41. The minimum absolute atomic E-state index is 0.00173. The number of aromatic nitrogens is 3. The first kappa shape index (κ1) is 22.5. The van der Waals surface area contributed by atoms with Crippen molar-refractivity contribution in [3.63, 3.8) is 0 Å². The monoisotopic (exact) mass is 492 g/mol. The van der Waals surface area contributed by atoms with Crippen LogP contribution in [0.15, 0.2) is 35.4 Å². The van der Waals surface area contributed by atoms with Crippen LogP contribution in [0.4, 0.5) is 5.82 Å². The second-order valence-corrected chi connectivity index (χ2v) is 10.2. The number of hydrogen-bond donors (Lipinski definition) is 3. The summed E-state index contributed by atoms with van der Waals surface area (Å²) in [5, 5.41) is 10.2. The van der Waals surface area contributed by atoms with Gasteiger partial charge in [-0.05, 0) is 50.0 Å². The fourth-order valence-corrected chi connectivity index (χ4v) is 6.00. The Kier molecular flexibility index (Phi) is 6.17. The minimum atomic E-state index is 0.00173. The molecule has 3 aliphatic heterocycles. The van der Waals surface area contributed by atoms with Gasteiger partial charge >= 0.3 is 0 Å². The summed E-state index contributed by atoms with van der Waals surface area (Å²) in [5.74, 6) is 3.23. The summed E-state index contributed by atoms with van der Waals surface area (Å²) in [7, 11) is 1.63. The van der Waals surface area contributed by atoms with Crippen molar-refractivity contribution in [2.45, 2.75) is 36.2 Å². The minimum Gasteiger partial charge on any atom is -0.491 e. The Morgan fingerprint density at radius 3 is 3.09 bits per heavy atom. The number of nitrogens with one attached hydrogen (secondary N) is 3. The number of hydrogen-bond acceptors (Lipinski definition) is 9. The molecule has 0 aromatic carbocycles. The second kappa shape index (κ2) is 9.60. The Morgan fingerprint density at radius 2 is 2.23 bits per heavy atom. The van der Waals surface area contributed by atoms with E-state index in [-0.39, 0.29) is 17.9 Å². The van der Waals surface area contributed by atoms with Crippen LogP contribution in [0.2, 0.25) is 0 Å². The number of nitrogens with zero attached hydrogens (tertiary/aromatic N) is 3. The molecule has 0 radical (unpaired) electrons. The van der Waals surface area contributed by atoms with Crippen LogP contribution in [0.1, 0.15) is 30.0 Å². The molecule has 3 aromatic rings. The number of pyridine rings is 3. The Bertz CT molecular complexity index is 1270. The van der Waals surface area contributed by atoms with Gasteiger partial charge in [-0.15, -0.1) is 11.8 Å². The lowest BCUT2D eigenvalue weighted by Crippen LogP contribution is -2.38. The molecule has 3 aromatic heterocycles. The van der Waals surface area contributed by atoms with Gasteiger partial charge in [-0.3, -0.25) is 9.78 Å². The van der Waals surface area contributed by atoms with Crippen LogP contribution in [-0.4, -0.2) is 59.5 Å². The molecule has 1 fully saturated rings. The van der Waals surface area contributed by atoms with Crippen molar-refractivity contribution < 1.29 is 14.3 Å². The molecule has 1 saturated heterocycles. The number of carbonyl (C=O) groups is 1. The third-order valence-electron chi connectivity index (χ3n) is 7.03. The normalized spacial score (nSPS) is 21.8. The average molecular weight is 493 g/mol. The summed E-state index contributed by atoms with van der Waals surface area (Å²) in [4.78, 5) is 26.7. The molecule has 0 saturated carbocycles. The lowest BCUT2D eigenvalue weighted by atomic mass is 9.86. The van der Waals surface area contributed by atoms with Crippen LogP contribution >= 0.6 is 11.8 Å². The van der Waals surface area contributed by atoms with Crippen molar-refractivity contribution in [2.75, 3.05) is 37.9 Å². The second-order valence-electron chi connectivity index (χ2n) is 9.23. The Balaban J connectivity index is 1.24. The molecule has 9 nitrogen and oxygen atoms in total. The van der Waals surface area contributed by atoms with Gasteiger partial charge in [-0.2, -0.15) is 0 Å². The molecule has 2 unspecified atom stereocenters. The number of amides is 1. The smallest absolute Gasteiger partial charge is 0.235 e. The van der Waals surface area contributed by atoms with E-state index in [1.807, 2.05) is 24.4 Å². The van der Waals surface area contributed by atoms with Gasteiger partial charge in [0.05, 0.1) is 41.8 Å². The SMILES string of the molecule is COc1ccc2ncc3c(c2n1)C(CC(NCc1ccc2c(n1)NC(=O)CS2)[C@H]1CCNC1)CO3. The number of fused-ring (bicyclic) bond motifs is 4. The molecule has 1 amide bonds. The van der Waals surface area contributed by atoms with E-state index in [2.05, 4.69) is 27.0 Å². The maximum absolute atomic E-state index is 11.8. The molecule has 3 aliphatic rings. The number of carbonyl (C=O) groups excluding carboxylic acids is 1. The van der Waals surface area contributed by atoms with Gasteiger partial charge in [0.25, 0.3) is 0 Å². The fourth-order valence-electron chi connectivity index (χ4n) is 5.24. The van der Waals surface area contributed by atoms with E-state index in [1.165, 1.54) is 11.8 Å². The van der Waals surface area contributed by atoms with E-state index in [0.29, 0.717) is 36.5 Å². The number of rotatable bonds is 7. The highest BCUT2D eigenvalue weighted by molar-refractivity contribution is 8.00. The van der Waals surface area contributed by atoms with Gasteiger partial charge in [0.15, 0.2) is 0 Å². The summed E-state index contributed by atoms with van der Waals surface area (Å²) < 4.78 is 11.4. The molecule has 0 aliphatic carbocycles. The quantitative estimate of drug-likeness (QED) is 0.458. The molecule has 182 valence electrons. The van der Waals surface area contributed by atoms with E-state index >= 15 is 0 Å². The zero-order valence-electron chi connectivity index (χ0n) is 19.5. The van der Waals surface area contributed by atoms with Crippen molar-refractivity contribution in [1.29, 1.82) is 0 Å². The van der Waals surface area contributed by atoms with Crippen LogP contribution < -0.4 is 25.4 Å². The third kappa shape index (κ3) is 4.53. The molecule has 3 atom stereocenters. The third-order valence-corrected chi connectivity index (χ3v) is 8.08. The van der Waals surface area contributed by atoms with E-state index in [1.54, 1.807) is 7.11 Å². The van der Waals surface area contributed by atoms with Gasteiger partial charge in [0.1, 0.15) is 17.1 Å². The van der Waals surface area contributed by atoms with Crippen LogP contribution in [0.5, 0.6) is 11.6 Å². The Morgan fingerprint density at radius 1 is 1.29 bits per heavy atom. The van der Waals surface area contributed by atoms with Crippen molar-refractivity contribution >= 4 is 34.5 Å². The van der Waals surface area contributed by atoms with Crippen molar-refractivity contribution in [2.24, 2.45) is 5.92 Å². The summed E-state index contributed by atoms with van der Waals surface area (Å²) >= 11 is 1.53. The van der Waals surface area contributed by atoms with E-state index in [4.69, 9.17) is 19.4 Å². The van der Waals surface area contributed by atoms with E-state index < -0.39 is 0 Å². The molecule has 35 heavy (non-hydrogen) atoms. The molecule has 10 heteroatoms. The topological polar surface area (TPSA) is 110 Å². The van der Waals surface area contributed by atoms with Crippen molar-refractivity contribution in [3.8, 4) is 11.6 Å². The van der Waals surface area contributed by atoms with Crippen LogP contribution in [-0.2, 0) is 11.3 Å². The average Bonchev–Trinajstić information content (AvgIpc) is 3.56. The van der Waals surface area contributed by atoms with Crippen LogP contribution in [0.3, 0.4) is 0 Å². The van der Waals surface area contributed by atoms with Crippen molar-refractivity contribution in [1.82, 2.24) is 25.6 Å². The summed E-state index contributed by atoms with van der Waals surface area (Å²) in [5.41, 5.74) is 3.76. The Labute approximate surface area is 207 Å². The first-order chi connectivity index (χ1) is 17.2. The Hall–Kier alpha value is -2.95. The fraction of sp³-hybridized carbons (Fsp3) is 0.440. The molecule has 0 bridgehead atoms. The number of anilines is 1. The van der Waals surface area contributed by atoms with Gasteiger partial charge < -0.3 is 25.4 Å². The number of methoxy groups -OCH3 is 1. The van der Waals surface area contributed by atoms with Crippen LogP contribution in [0.25, 0.3) is 11.0 Å². The maximum atomic E-state index is 11.8. The summed E-state index contributed by atoms with van der Waals surface area (Å²) in [6.45, 7) is 3.28. The molecular formula is C25H28N6O3S. The molecule has 6 rings (SSSR count). The van der Waals surface area contributed by atoms with Gasteiger partial charge in [-0.25, -0.2) is 9.97 Å². The van der Waals surface area contributed by atoms with Gasteiger partial charge in [0, 0.05) is 30.1 Å². The van der Waals surface area contributed by atoms with Crippen molar-refractivity contribution in [3.05, 3.63) is 41.7 Å². The largest absolute Gasteiger partial charge is 0.491 e. The predicted molar refractivity (Wildman–Crippen MR) is 134 cm³/mol. The first-order valence-electron chi connectivity index (χ1n) is 12.0. The van der Waals surface area contributed by atoms with Crippen LogP contribution in [0, 0.1) is 5.92 Å². The highest BCUT2D eigenvalue weighted by atomic mass is 32.2. The molecule has 3 N–H and O–H groups in total. The van der Waals surface area contributed by atoms with Gasteiger partial charge in [-0.1, -0.05) is 0 Å². The number of ether oxygens (including phenoxy) is 2. The van der Waals surface area contributed by atoms with E-state index in [0.717, 1.165) is 58.9 Å². The summed E-state index contributed by atoms with van der Waals surface area (Å²) in [6.07, 6.45) is 3.87. The zero-order valence-corrected chi connectivity index (χ0v) is 20.4. The van der Waals surface area contributed by atoms with Gasteiger partial charge in [0.2, 0.25) is 11.8 Å². The zero-order chi connectivity index (χ0) is 23.8. The molecule has 6 heterocycles. The molecular weight excluding hydrogens is 464 g/mol. The number of thioether (sulfide) groups is 1. The first-order valence-corrected chi connectivity index (χ1v) is 13.0. The predicted octanol–water partition coefficient (Wildman–Crippen LogP) is 2.71.